The average Bonchev–Trinajstić information content (AvgIpc) is 3.03. The van der Waals surface area contributed by atoms with E-state index in [0.717, 1.165) is 30.9 Å². The Kier molecular flexibility index (Phi) is 6.23. The van der Waals surface area contributed by atoms with E-state index < -0.39 is 0 Å². The van der Waals surface area contributed by atoms with Crippen LogP contribution in [0.15, 0.2) is 51.7 Å². The van der Waals surface area contributed by atoms with Gasteiger partial charge in [-0.1, -0.05) is 23.9 Å². The molecule has 0 fully saturated rings. The zero-order chi connectivity index (χ0) is 17.6. The molecule has 130 valence electrons. The molecule has 2 aromatic carbocycles. The summed E-state index contributed by atoms with van der Waals surface area (Å²) in [5.41, 5.74) is 1.79. The second-order valence-corrected chi connectivity index (χ2v) is 8.18. The molecule has 7 heteroatoms. The molecule has 0 saturated carbocycles. The summed E-state index contributed by atoms with van der Waals surface area (Å²) in [6.07, 6.45) is 2.00. The van der Waals surface area contributed by atoms with Crippen LogP contribution in [0, 0.1) is 0 Å². The Morgan fingerprint density at radius 3 is 2.92 bits per heavy atom. The van der Waals surface area contributed by atoms with Crippen molar-refractivity contribution in [2.24, 2.45) is 0 Å². The number of thiazole rings is 1. The van der Waals surface area contributed by atoms with Crippen LogP contribution in [0.2, 0.25) is 0 Å². The van der Waals surface area contributed by atoms with Gasteiger partial charge in [0.1, 0.15) is 5.75 Å². The van der Waals surface area contributed by atoms with Crippen molar-refractivity contribution in [1.82, 2.24) is 4.98 Å². The molecule has 0 aliphatic heterocycles. The number of ether oxygens (including phenoxy) is 1. The second-order valence-electron chi connectivity index (χ2n) is 5.08. The number of amides is 1. The van der Waals surface area contributed by atoms with E-state index in [2.05, 4.69) is 10.3 Å². The molecule has 3 aromatic rings. The largest absolute Gasteiger partial charge is 0.494 e. The normalized spacial score (nSPS) is 10.8. The lowest BCUT2D eigenvalue weighted by molar-refractivity contribution is -0.113. The lowest BCUT2D eigenvalue weighted by Gasteiger charge is -2.08. The Bertz CT molecular complexity index is 880. The van der Waals surface area contributed by atoms with Gasteiger partial charge in [0, 0.05) is 4.90 Å². The summed E-state index contributed by atoms with van der Waals surface area (Å²) in [6.45, 7) is 2.61. The van der Waals surface area contributed by atoms with Crippen LogP contribution in [-0.4, -0.2) is 29.5 Å². The molecule has 1 amide bonds. The van der Waals surface area contributed by atoms with Crippen molar-refractivity contribution in [3.8, 4) is 5.75 Å². The fraction of sp³-hybridized carbons (Fsp3) is 0.222. The van der Waals surface area contributed by atoms with Crippen molar-refractivity contribution in [2.75, 3.05) is 23.9 Å². The van der Waals surface area contributed by atoms with Crippen LogP contribution in [0.3, 0.4) is 0 Å². The number of nitrogens with one attached hydrogen (secondary N) is 1. The summed E-state index contributed by atoms with van der Waals surface area (Å²) in [5.74, 6) is 1.16. The van der Waals surface area contributed by atoms with Crippen molar-refractivity contribution in [3.63, 3.8) is 0 Å². The maximum absolute atomic E-state index is 12.2. The highest BCUT2D eigenvalue weighted by molar-refractivity contribution is 8.01. The highest BCUT2D eigenvalue weighted by Gasteiger charge is 2.10. The van der Waals surface area contributed by atoms with Gasteiger partial charge in [0.05, 0.1) is 28.3 Å². The summed E-state index contributed by atoms with van der Waals surface area (Å²) in [6, 6.07) is 13.7. The van der Waals surface area contributed by atoms with Gasteiger partial charge >= 0.3 is 0 Å². The molecule has 0 aliphatic rings. The topological polar surface area (TPSA) is 51.2 Å². The van der Waals surface area contributed by atoms with Crippen LogP contribution in [0.25, 0.3) is 10.2 Å². The molecule has 0 spiro atoms. The monoisotopic (exact) mass is 390 g/mol. The van der Waals surface area contributed by atoms with E-state index in [1.807, 2.05) is 55.6 Å². The molecule has 3 rings (SSSR count). The molecule has 1 heterocycles. The van der Waals surface area contributed by atoms with Gasteiger partial charge in [-0.15, -0.1) is 23.1 Å². The van der Waals surface area contributed by atoms with E-state index in [0.29, 0.717) is 12.4 Å². The Hall–Kier alpha value is -1.70. The number of fused-ring (bicyclic) bond motifs is 1. The minimum absolute atomic E-state index is 0.0271. The highest BCUT2D eigenvalue weighted by atomic mass is 32.2. The average molecular weight is 391 g/mol. The van der Waals surface area contributed by atoms with Crippen molar-refractivity contribution in [1.29, 1.82) is 0 Å². The number of nitrogens with zero attached hydrogens (tertiary/aromatic N) is 1. The number of thioether (sulfide) groups is 2. The lowest BCUT2D eigenvalue weighted by atomic mass is 10.3. The first-order chi connectivity index (χ1) is 12.2. The van der Waals surface area contributed by atoms with E-state index in [-0.39, 0.29) is 5.91 Å². The summed E-state index contributed by atoms with van der Waals surface area (Å²) >= 11 is 4.65. The quantitative estimate of drug-likeness (QED) is 0.566. The lowest BCUT2D eigenvalue weighted by Crippen LogP contribution is -2.14. The predicted molar refractivity (Wildman–Crippen MR) is 108 cm³/mol. The third kappa shape index (κ3) is 4.68. The van der Waals surface area contributed by atoms with Gasteiger partial charge < -0.3 is 10.1 Å². The molecule has 0 atom stereocenters. The molecule has 4 nitrogen and oxygen atoms in total. The Balaban J connectivity index is 1.62. The van der Waals surface area contributed by atoms with Crippen LogP contribution in [-0.2, 0) is 4.79 Å². The Morgan fingerprint density at radius 2 is 2.12 bits per heavy atom. The number of anilines is 1. The number of hydrogen-bond donors (Lipinski definition) is 1. The van der Waals surface area contributed by atoms with E-state index in [4.69, 9.17) is 4.74 Å². The van der Waals surface area contributed by atoms with E-state index in [1.165, 1.54) is 11.8 Å². The molecule has 0 radical (unpaired) electrons. The maximum atomic E-state index is 12.2. The first kappa shape index (κ1) is 18.1. The summed E-state index contributed by atoms with van der Waals surface area (Å²) < 4.78 is 7.47. The number of carbonyl (C=O) groups excluding carboxylic acids is 1. The van der Waals surface area contributed by atoms with Gasteiger partial charge in [-0.2, -0.15) is 0 Å². The van der Waals surface area contributed by atoms with E-state index in [1.54, 1.807) is 23.1 Å². The van der Waals surface area contributed by atoms with Crippen molar-refractivity contribution in [2.45, 2.75) is 16.2 Å². The SMILES string of the molecule is CCOc1ccc2nc(SCC(=O)Nc3ccccc3SC)sc2c1. The molecule has 0 unspecified atom stereocenters. The number of para-hydroxylation sites is 1. The van der Waals surface area contributed by atoms with Gasteiger partial charge in [0.25, 0.3) is 0 Å². The fourth-order valence-electron chi connectivity index (χ4n) is 2.26. The molecule has 0 aliphatic carbocycles. The van der Waals surface area contributed by atoms with Gasteiger partial charge in [-0.3, -0.25) is 4.79 Å². The van der Waals surface area contributed by atoms with Crippen LogP contribution in [0.1, 0.15) is 6.92 Å². The molecular weight excluding hydrogens is 372 g/mol. The van der Waals surface area contributed by atoms with Crippen LogP contribution in [0.5, 0.6) is 5.75 Å². The number of rotatable bonds is 7. The Morgan fingerprint density at radius 1 is 1.28 bits per heavy atom. The van der Waals surface area contributed by atoms with Crippen LogP contribution < -0.4 is 10.1 Å². The van der Waals surface area contributed by atoms with E-state index >= 15 is 0 Å². The minimum Gasteiger partial charge on any atom is -0.494 e. The standard InChI is InChI=1S/C18H18N2O2S3/c1-3-22-12-8-9-14-16(10-12)25-18(20-14)24-11-17(21)19-13-6-4-5-7-15(13)23-2/h4-10H,3,11H2,1-2H3,(H,19,21). The fourth-order valence-corrected chi connectivity index (χ4v) is 4.71. The molecule has 25 heavy (non-hydrogen) atoms. The molecular formula is C18H18N2O2S3. The van der Waals surface area contributed by atoms with Crippen molar-refractivity contribution >= 4 is 56.7 Å². The van der Waals surface area contributed by atoms with Gasteiger partial charge in [-0.25, -0.2) is 4.98 Å². The first-order valence-electron chi connectivity index (χ1n) is 7.78. The van der Waals surface area contributed by atoms with Gasteiger partial charge in [0.15, 0.2) is 4.34 Å². The van der Waals surface area contributed by atoms with Crippen molar-refractivity contribution < 1.29 is 9.53 Å². The smallest absolute Gasteiger partial charge is 0.234 e. The summed E-state index contributed by atoms with van der Waals surface area (Å²) in [7, 11) is 0. The molecule has 0 bridgehead atoms. The third-order valence-corrected chi connectivity index (χ3v) is 6.32. The maximum Gasteiger partial charge on any atom is 0.234 e. The number of aromatic nitrogens is 1. The zero-order valence-corrected chi connectivity index (χ0v) is 16.4. The van der Waals surface area contributed by atoms with Crippen LogP contribution in [0.4, 0.5) is 5.69 Å². The second kappa shape index (κ2) is 8.60. The van der Waals surface area contributed by atoms with Gasteiger partial charge in [-0.05, 0) is 43.5 Å². The van der Waals surface area contributed by atoms with Crippen LogP contribution >= 0.6 is 34.9 Å². The highest BCUT2D eigenvalue weighted by Crippen LogP contribution is 2.32. The zero-order valence-electron chi connectivity index (χ0n) is 13.9. The van der Waals surface area contributed by atoms with Crippen molar-refractivity contribution in [3.05, 3.63) is 42.5 Å². The number of benzene rings is 2. The molecule has 1 aromatic heterocycles. The summed E-state index contributed by atoms with van der Waals surface area (Å²) in [4.78, 5) is 17.9. The first-order valence-corrected chi connectivity index (χ1v) is 10.8. The van der Waals surface area contributed by atoms with Gasteiger partial charge in [0.2, 0.25) is 5.91 Å². The predicted octanol–water partition coefficient (Wildman–Crippen LogP) is 5.15. The third-order valence-electron chi connectivity index (χ3n) is 3.36. The Labute approximate surface area is 159 Å². The number of carbonyl (C=O) groups is 1. The molecule has 0 saturated heterocycles. The van der Waals surface area contributed by atoms with E-state index in [9.17, 15) is 4.79 Å². The number of hydrogen-bond acceptors (Lipinski definition) is 6. The summed E-state index contributed by atoms with van der Waals surface area (Å²) in [5, 5.41) is 2.97. The molecule has 1 N–H and O–H groups in total. The minimum atomic E-state index is -0.0271.